The number of carbonyl (C=O) groups is 1. The van der Waals surface area contributed by atoms with Gasteiger partial charge in [-0.1, -0.05) is 30.3 Å². The molecule has 0 radical (unpaired) electrons. The Morgan fingerprint density at radius 2 is 1.95 bits per heavy atom. The third-order valence-electron chi connectivity index (χ3n) is 3.34. The summed E-state index contributed by atoms with van der Waals surface area (Å²) in [5.41, 5.74) is 0.896. The van der Waals surface area contributed by atoms with Gasteiger partial charge in [-0.2, -0.15) is 0 Å². The highest BCUT2D eigenvalue weighted by molar-refractivity contribution is 5.68. The molecule has 104 valence electrons. The fraction of sp³-hybridized carbons (Fsp3) is 0.562. The summed E-state index contributed by atoms with van der Waals surface area (Å²) in [5, 5.41) is 0. The zero-order valence-corrected chi connectivity index (χ0v) is 12.1. The van der Waals surface area contributed by atoms with Crippen molar-refractivity contribution in [2.45, 2.75) is 45.1 Å². The molecule has 1 atom stereocenters. The van der Waals surface area contributed by atoms with Gasteiger partial charge in [0, 0.05) is 19.0 Å². The van der Waals surface area contributed by atoms with Gasteiger partial charge in [-0.05, 0) is 39.2 Å². The minimum Gasteiger partial charge on any atom is -0.444 e. The molecule has 0 bridgehead atoms. The Hall–Kier alpha value is -1.51. The number of carbonyl (C=O) groups excluding carboxylic acids is 1. The van der Waals surface area contributed by atoms with Crippen LogP contribution in [-0.4, -0.2) is 29.7 Å². The van der Waals surface area contributed by atoms with E-state index in [2.05, 4.69) is 24.3 Å². The van der Waals surface area contributed by atoms with Gasteiger partial charge in [0.2, 0.25) is 0 Å². The van der Waals surface area contributed by atoms with Crippen molar-refractivity contribution < 1.29 is 9.53 Å². The van der Waals surface area contributed by atoms with Gasteiger partial charge in [0.1, 0.15) is 5.60 Å². The number of hydrogen-bond donors (Lipinski definition) is 0. The monoisotopic (exact) mass is 261 g/mol. The van der Waals surface area contributed by atoms with Gasteiger partial charge < -0.3 is 9.64 Å². The predicted molar refractivity (Wildman–Crippen MR) is 76.2 cm³/mol. The molecule has 19 heavy (non-hydrogen) atoms. The van der Waals surface area contributed by atoms with Crippen LogP contribution in [0.5, 0.6) is 0 Å². The molecule has 1 aromatic rings. The first-order valence-corrected chi connectivity index (χ1v) is 6.98. The van der Waals surface area contributed by atoms with Crippen molar-refractivity contribution in [2.24, 2.45) is 0 Å². The van der Waals surface area contributed by atoms with Crippen molar-refractivity contribution in [1.29, 1.82) is 0 Å². The third-order valence-corrected chi connectivity index (χ3v) is 3.34. The van der Waals surface area contributed by atoms with Gasteiger partial charge in [0.15, 0.2) is 0 Å². The number of ether oxygens (including phenoxy) is 1. The molecule has 1 unspecified atom stereocenters. The van der Waals surface area contributed by atoms with Gasteiger partial charge in [0.05, 0.1) is 0 Å². The Labute approximate surface area is 115 Å². The minimum atomic E-state index is -0.420. The summed E-state index contributed by atoms with van der Waals surface area (Å²) in [6, 6.07) is 10.4. The quantitative estimate of drug-likeness (QED) is 0.769. The fourth-order valence-electron chi connectivity index (χ4n) is 2.47. The molecule has 0 N–H and O–H groups in total. The minimum absolute atomic E-state index is 0.187. The number of benzene rings is 1. The maximum atomic E-state index is 12.1. The van der Waals surface area contributed by atoms with E-state index in [0.29, 0.717) is 5.92 Å². The van der Waals surface area contributed by atoms with Gasteiger partial charge >= 0.3 is 6.09 Å². The van der Waals surface area contributed by atoms with Crippen molar-refractivity contribution in [1.82, 2.24) is 4.90 Å². The lowest BCUT2D eigenvalue weighted by molar-refractivity contribution is 0.0198. The van der Waals surface area contributed by atoms with Crippen LogP contribution in [0.3, 0.4) is 0 Å². The molecule has 0 spiro atoms. The van der Waals surface area contributed by atoms with E-state index in [0.717, 1.165) is 25.9 Å². The highest BCUT2D eigenvalue weighted by atomic mass is 16.6. The molecule has 3 nitrogen and oxygen atoms in total. The van der Waals surface area contributed by atoms with Crippen LogP contribution in [0.4, 0.5) is 4.79 Å². The van der Waals surface area contributed by atoms with E-state index in [1.165, 1.54) is 5.56 Å². The molecule has 1 saturated heterocycles. The second kappa shape index (κ2) is 5.64. The molecule has 3 heteroatoms. The largest absolute Gasteiger partial charge is 0.444 e. The average molecular weight is 261 g/mol. The first kappa shape index (κ1) is 13.9. The first-order chi connectivity index (χ1) is 8.96. The summed E-state index contributed by atoms with van der Waals surface area (Å²) in [5.74, 6) is 0.433. The molecule has 1 aromatic carbocycles. The van der Waals surface area contributed by atoms with Gasteiger partial charge in [0.25, 0.3) is 0 Å². The van der Waals surface area contributed by atoms with Crippen molar-refractivity contribution in [2.75, 3.05) is 13.1 Å². The molecular formula is C16H23NO2. The van der Waals surface area contributed by atoms with Crippen LogP contribution >= 0.6 is 0 Å². The summed E-state index contributed by atoms with van der Waals surface area (Å²) in [6.45, 7) is 7.29. The maximum absolute atomic E-state index is 12.1. The maximum Gasteiger partial charge on any atom is 0.410 e. The van der Waals surface area contributed by atoms with Gasteiger partial charge in [-0.25, -0.2) is 4.79 Å². The Balaban J connectivity index is 2.00. The van der Waals surface area contributed by atoms with E-state index in [9.17, 15) is 4.79 Å². The van der Waals surface area contributed by atoms with Gasteiger partial charge in [-0.15, -0.1) is 0 Å². The lowest BCUT2D eigenvalue weighted by Crippen LogP contribution is -2.42. The summed E-state index contributed by atoms with van der Waals surface area (Å²) < 4.78 is 5.45. The molecule has 2 rings (SSSR count). The second-order valence-corrected chi connectivity index (χ2v) is 6.18. The Bertz CT molecular complexity index is 422. The first-order valence-electron chi connectivity index (χ1n) is 6.98. The predicted octanol–water partition coefficient (Wildman–Crippen LogP) is 3.80. The number of hydrogen-bond acceptors (Lipinski definition) is 2. The van der Waals surface area contributed by atoms with E-state index in [-0.39, 0.29) is 6.09 Å². The van der Waals surface area contributed by atoms with E-state index < -0.39 is 5.60 Å². The van der Waals surface area contributed by atoms with E-state index in [1.54, 1.807) is 0 Å². The Morgan fingerprint density at radius 3 is 2.58 bits per heavy atom. The van der Waals surface area contributed by atoms with Crippen LogP contribution in [0.25, 0.3) is 0 Å². The molecule has 0 saturated carbocycles. The summed E-state index contributed by atoms with van der Waals surface area (Å²) in [6.07, 6.45) is 2.00. The summed E-state index contributed by atoms with van der Waals surface area (Å²) in [7, 11) is 0. The van der Waals surface area contributed by atoms with Crippen molar-refractivity contribution in [3.8, 4) is 0 Å². The second-order valence-electron chi connectivity index (χ2n) is 6.18. The summed E-state index contributed by atoms with van der Waals surface area (Å²) >= 11 is 0. The van der Waals surface area contributed by atoms with Crippen LogP contribution in [0.2, 0.25) is 0 Å². The van der Waals surface area contributed by atoms with Crippen LogP contribution in [0.1, 0.15) is 45.1 Å². The van der Waals surface area contributed by atoms with Crippen molar-refractivity contribution in [3.05, 3.63) is 35.9 Å². The highest BCUT2D eigenvalue weighted by Crippen LogP contribution is 2.27. The Morgan fingerprint density at radius 1 is 1.26 bits per heavy atom. The smallest absolute Gasteiger partial charge is 0.410 e. The molecule has 0 aromatic heterocycles. The number of piperidine rings is 1. The SMILES string of the molecule is CC(C)(C)OC(=O)N1CCCC(c2ccccc2)C1. The molecule has 1 aliphatic heterocycles. The van der Waals surface area contributed by atoms with Crippen LogP contribution in [0.15, 0.2) is 30.3 Å². The number of amides is 1. The van der Waals surface area contributed by atoms with Crippen molar-refractivity contribution >= 4 is 6.09 Å². The number of nitrogens with zero attached hydrogens (tertiary/aromatic N) is 1. The third kappa shape index (κ3) is 3.98. The lowest BCUT2D eigenvalue weighted by Gasteiger charge is -2.34. The number of rotatable bonds is 1. The lowest BCUT2D eigenvalue weighted by atomic mass is 9.91. The number of likely N-dealkylation sites (tertiary alicyclic amines) is 1. The molecular weight excluding hydrogens is 238 g/mol. The van der Waals surface area contributed by atoms with Gasteiger partial charge in [-0.3, -0.25) is 0 Å². The van der Waals surface area contributed by atoms with E-state index >= 15 is 0 Å². The standard InChI is InChI=1S/C16H23NO2/c1-16(2,3)19-15(18)17-11-7-10-14(12-17)13-8-5-4-6-9-13/h4-6,8-9,14H,7,10-12H2,1-3H3. The molecule has 0 aliphatic carbocycles. The highest BCUT2D eigenvalue weighted by Gasteiger charge is 2.28. The fourth-order valence-corrected chi connectivity index (χ4v) is 2.47. The topological polar surface area (TPSA) is 29.5 Å². The van der Waals surface area contributed by atoms with Crippen LogP contribution in [-0.2, 0) is 4.74 Å². The van der Waals surface area contributed by atoms with Crippen molar-refractivity contribution in [3.63, 3.8) is 0 Å². The summed E-state index contributed by atoms with van der Waals surface area (Å²) in [4.78, 5) is 13.9. The van der Waals surface area contributed by atoms with E-state index in [4.69, 9.17) is 4.74 Å². The van der Waals surface area contributed by atoms with Crippen LogP contribution in [0, 0.1) is 0 Å². The molecule has 1 fully saturated rings. The molecule has 1 aliphatic rings. The molecule has 1 amide bonds. The average Bonchev–Trinajstić information content (AvgIpc) is 2.38. The Kier molecular flexibility index (Phi) is 4.13. The normalized spacial score (nSPS) is 20.2. The zero-order valence-electron chi connectivity index (χ0n) is 12.1. The molecule has 1 heterocycles. The van der Waals surface area contributed by atoms with E-state index in [1.807, 2.05) is 31.7 Å². The van der Waals surface area contributed by atoms with Crippen LogP contribution < -0.4 is 0 Å². The zero-order chi connectivity index (χ0) is 13.9.